The Morgan fingerprint density at radius 1 is 0.942 bits per heavy atom. The number of rotatable bonds is 9. The van der Waals surface area contributed by atoms with E-state index < -0.39 is 95.9 Å². The molecule has 4 aliphatic heterocycles. The average molecular weight is 745 g/mol. The van der Waals surface area contributed by atoms with Crippen molar-refractivity contribution in [3.05, 3.63) is 0 Å². The molecule has 13 nitrogen and oxygen atoms in total. The Morgan fingerprint density at radius 2 is 1.60 bits per heavy atom. The minimum atomic E-state index is -1.67. The van der Waals surface area contributed by atoms with E-state index in [-0.39, 0.29) is 30.4 Å². The molecule has 52 heavy (non-hydrogen) atoms. The normalized spacial score (nSPS) is 51.0. The third-order valence-electron chi connectivity index (χ3n) is 13.2. The summed E-state index contributed by atoms with van der Waals surface area (Å²) in [7, 11) is 3.52. The average Bonchev–Trinajstić information content (AvgIpc) is 3.41. The van der Waals surface area contributed by atoms with Crippen molar-refractivity contribution in [2.75, 3.05) is 20.7 Å². The Hall–Kier alpha value is -0.970. The molecule has 5 N–H and O–H groups in total. The van der Waals surface area contributed by atoms with Gasteiger partial charge in [0.25, 0.3) is 0 Å². The predicted molar refractivity (Wildman–Crippen MR) is 195 cm³/mol. The summed E-state index contributed by atoms with van der Waals surface area (Å²) in [5, 5.41) is 49.6. The third-order valence-corrected chi connectivity index (χ3v) is 13.2. The number of carbonyl (C=O) groups is 1. The van der Waals surface area contributed by atoms with Gasteiger partial charge in [0.05, 0.1) is 59.8 Å². The Morgan fingerprint density at radius 3 is 2.19 bits per heavy atom. The fourth-order valence-corrected chi connectivity index (χ4v) is 9.63. The minimum Gasteiger partial charge on any atom is -0.390 e. The fourth-order valence-electron chi connectivity index (χ4n) is 9.63. The maximum absolute atomic E-state index is 14.4. The lowest BCUT2D eigenvalue weighted by molar-refractivity contribution is -0.318. The van der Waals surface area contributed by atoms with Gasteiger partial charge in [-0.2, -0.15) is 0 Å². The molecule has 4 saturated heterocycles. The lowest BCUT2D eigenvalue weighted by Crippen LogP contribution is -2.62. The van der Waals surface area contributed by atoms with E-state index in [1.54, 1.807) is 27.9 Å². The largest absolute Gasteiger partial charge is 0.390 e. The summed E-state index contributed by atoms with van der Waals surface area (Å²) < 4.78 is 39.2. The summed E-state index contributed by atoms with van der Waals surface area (Å²) in [6.07, 6.45) is -5.31. The van der Waals surface area contributed by atoms with Crippen LogP contribution in [0.3, 0.4) is 0 Å². The molecule has 4 heterocycles. The molecule has 0 radical (unpaired) electrons. The minimum absolute atomic E-state index is 0.0378. The Labute approximate surface area is 312 Å². The molecule has 13 heteroatoms. The van der Waals surface area contributed by atoms with Crippen molar-refractivity contribution >= 4 is 5.91 Å². The van der Waals surface area contributed by atoms with Crippen LogP contribution in [0.1, 0.15) is 108 Å². The number of hydrogen-bond acceptors (Lipinski definition) is 12. The van der Waals surface area contributed by atoms with Crippen LogP contribution >= 0.6 is 0 Å². The molecule has 0 aliphatic carbocycles. The molecule has 0 spiro atoms. The van der Waals surface area contributed by atoms with Crippen LogP contribution in [0.2, 0.25) is 0 Å². The smallest absolute Gasteiger partial charge is 0.225 e. The van der Waals surface area contributed by atoms with Crippen molar-refractivity contribution in [1.82, 2.24) is 10.2 Å². The lowest BCUT2D eigenvalue weighted by atomic mass is 9.75. The van der Waals surface area contributed by atoms with E-state index in [1.807, 2.05) is 55.5 Å². The van der Waals surface area contributed by atoms with Crippen LogP contribution in [0, 0.1) is 23.7 Å². The van der Waals surface area contributed by atoms with Gasteiger partial charge < -0.3 is 59.1 Å². The molecule has 4 aliphatic rings. The number of methoxy groups -OCH3 is 1. The molecule has 4 rings (SSSR count). The van der Waals surface area contributed by atoms with Crippen LogP contribution in [0.15, 0.2) is 0 Å². The number of hydrogen-bond donors (Lipinski definition) is 5. The number of nitrogens with zero attached hydrogens (tertiary/aromatic N) is 1. The molecule has 2 bridgehead atoms. The molecule has 1 amide bonds. The summed E-state index contributed by atoms with van der Waals surface area (Å²) in [6, 6.07) is -0.956. The zero-order valence-corrected chi connectivity index (χ0v) is 34.1. The van der Waals surface area contributed by atoms with Crippen molar-refractivity contribution in [1.29, 1.82) is 0 Å². The van der Waals surface area contributed by atoms with Crippen molar-refractivity contribution < 1.29 is 53.6 Å². The SMILES string of the molecule is CCC[C@@H]1NC(=O)[C@H](C)[C@@H](O[C@H]2C[C@@](C)(OC)C(O)[C@H](C)O2)[C@H](C)[C@@H](O[C@@H]2O[C@H](C)C[C@H](N(C)CC)[C@H]2O)[C@@]2(C)C[C@@H](C)[C@@H](O2)[C@@H](C)[C@@H](O)[C@]1(C)O. The zero-order chi connectivity index (χ0) is 39.1. The first-order valence-electron chi connectivity index (χ1n) is 19.8. The van der Waals surface area contributed by atoms with Gasteiger partial charge in [-0.1, -0.05) is 48.0 Å². The van der Waals surface area contributed by atoms with Gasteiger partial charge >= 0.3 is 0 Å². The van der Waals surface area contributed by atoms with E-state index in [9.17, 15) is 25.2 Å². The second-order valence-corrected chi connectivity index (χ2v) is 17.4. The van der Waals surface area contributed by atoms with Gasteiger partial charge in [-0.3, -0.25) is 4.79 Å². The van der Waals surface area contributed by atoms with Gasteiger partial charge in [-0.05, 0) is 73.4 Å². The highest BCUT2D eigenvalue weighted by molar-refractivity contribution is 5.79. The molecular formula is C39H72N2O11. The second-order valence-electron chi connectivity index (χ2n) is 17.4. The Balaban J connectivity index is 1.84. The number of amides is 1. The van der Waals surface area contributed by atoms with Gasteiger partial charge in [-0.25, -0.2) is 0 Å². The zero-order valence-electron chi connectivity index (χ0n) is 34.1. The number of likely N-dealkylation sites (N-methyl/N-ethyl adjacent to an activating group) is 1. The number of nitrogens with one attached hydrogen (secondary N) is 1. The number of aliphatic hydroxyl groups excluding tert-OH is 3. The monoisotopic (exact) mass is 745 g/mol. The summed E-state index contributed by atoms with van der Waals surface area (Å²) in [4.78, 5) is 16.5. The molecular weight excluding hydrogens is 672 g/mol. The summed E-state index contributed by atoms with van der Waals surface area (Å²) in [5.74, 6) is -2.25. The molecule has 0 aromatic heterocycles. The third kappa shape index (κ3) is 8.70. The van der Waals surface area contributed by atoms with Crippen molar-refractivity contribution in [2.24, 2.45) is 23.7 Å². The van der Waals surface area contributed by atoms with Gasteiger partial charge in [0.1, 0.15) is 17.8 Å². The Kier molecular flexibility index (Phi) is 14.3. The van der Waals surface area contributed by atoms with Gasteiger partial charge in [0, 0.05) is 31.4 Å². The molecule has 0 saturated carbocycles. The molecule has 4 fully saturated rings. The topological polar surface area (TPSA) is 169 Å². The van der Waals surface area contributed by atoms with E-state index in [4.69, 9.17) is 28.4 Å². The highest BCUT2D eigenvalue weighted by Gasteiger charge is 2.57. The first kappa shape index (κ1) is 43.8. The maximum atomic E-state index is 14.4. The molecule has 1 unspecified atom stereocenters. The van der Waals surface area contributed by atoms with E-state index in [0.29, 0.717) is 25.7 Å². The van der Waals surface area contributed by atoms with Crippen LogP contribution in [0.5, 0.6) is 0 Å². The highest BCUT2D eigenvalue weighted by atomic mass is 16.7. The predicted octanol–water partition coefficient (Wildman–Crippen LogP) is 2.98. The van der Waals surface area contributed by atoms with Crippen LogP contribution < -0.4 is 5.32 Å². The highest BCUT2D eigenvalue weighted by Crippen LogP contribution is 2.47. The number of carbonyl (C=O) groups excluding carboxylic acids is 1. The van der Waals surface area contributed by atoms with Crippen molar-refractivity contribution in [2.45, 2.75) is 199 Å². The van der Waals surface area contributed by atoms with Gasteiger partial charge in [0.15, 0.2) is 12.6 Å². The lowest BCUT2D eigenvalue weighted by Gasteiger charge is -2.49. The number of aliphatic hydroxyl groups is 4. The van der Waals surface area contributed by atoms with Crippen LogP contribution in [-0.2, 0) is 33.2 Å². The van der Waals surface area contributed by atoms with Crippen LogP contribution in [0.25, 0.3) is 0 Å². The molecule has 0 aromatic carbocycles. The quantitative estimate of drug-likeness (QED) is 0.235. The summed E-state index contributed by atoms with van der Waals surface area (Å²) in [6.45, 7) is 21.6. The number of ether oxygens (including phenoxy) is 6. The van der Waals surface area contributed by atoms with E-state index in [0.717, 1.165) is 6.54 Å². The van der Waals surface area contributed by atoms with Crippen LogP contribution in [0.4, 0.5) is 0 Å². The fraction of sp³-hybridized carbons (Fsp3) is 0.974. The summed E-state index contributed by atoms with van der Waals surface area (Å²) in [5.41, 5.74) is -3.62. The number of fused-ring (bicyclic) bond motifs is 2. The van der Waals surface area contributed by atoms with E-state index in [1.165, 1.54) is 0 Å². The standard InChI is InChI=1S/C39H72N2O11/c1-14-16-27-39(11,46)32(43)22(5)30-20(3)18-38(10,52-30)34(51-36-29(42)26(41(12)15-2)17-21(4)48-36)23(6)31(24(7)35(45)40-27)50-28-19-37(9,47-13)33(44)25(8)49-28/h20-34,36,42-44,46H,14-19H2,1-13H3,(H,40,45)/t20-,21-,22-,23+,24-,25+,26+,27+,28+,29-,30-,31+,32-,33?,34-,36+,37-,38-,39-/m1/s1. The second kappa shape index (κ2) is 17.0. The first-order chi connectivity index (χ1) is 24.1. The Bertz CT molecular complexity index is 1180. The molecule has 19 atom stereocenters. The maximum Gasteiger partial charge on any atom is 0.225 e. The van der Waals surface area contributed by atoms with Gasteiger partial charge in [-0.15, -0.1) is 0 Å². The van der Waals surface area contributed by atoms with Gasteiger partial charge in [0.2, 0.25) is 5.91 Å². The first-order valence-corrected chi connectivity index (χ1v) is 19.8. The van der Waals surface area contributed by atoms with Crippen molar-refractivity contribution in [3.63, 3.8) is 0 Å². The summed E-state index contributed by atoms with van der Waals surface area (Å²) >= 11 is 0. The van der Waals surface area contributed by atoms with Crippen molar-refractivity contribution in [3.8, 4) is 0 Å². The molecule has 0 aromatic rings. The van der Waals surface area contributed by atoms with E-state index >= 15 is 0 Å². The van der Waals surface area contributed by atoms with E-state index in [2.05, 4.69) is 17.1 Å². The molecule has 304 valence electrons. The van der Waals surface area contributed by atoms with Crippen LogP contribution in [-0.4, -0.2) is 142 Å².